The van der Waals surface area contributed by atoms with E-state index in [0.717, 1.165) is 19.4 Å². The molecule has 2 unspecified atom stereocenters. The smallest absolute Gasteiger partial charge is 0.388 e. The quantitative estimate of drug-likeness (QED) is 0.314. The van der Waals surface area contributed by atoms with Crippen LogP contribution in [0.1, 0.15) is 57.7 Å². The summed E-state index contributed by atoms with van der Waals surface area (Å²) in [6.07, 6.45) is 7.21. The highest BCUT2D eigenvalue weighted by Crippen LogP contribution is 2.35. The van der Waals surface area contributed by atoms with Gasteiger partial charge in [-0.15, -0.1) is 0 Å². The monoisotopic (exact) mass is 446 g/mol. The van der Waals surface area contributed by atoms with Gasteiger partial charge in [0.1, 0.15) is 5.69 Å². The Morgan fingerprint density at radius 3 is 2.66 bits per heavy atom. The Morgan fingerprint density at radius 1 is 1.22 bits per heavy atom. The second-order valence-corrected chi connectivity index (χ2v) is 8.81. The fourth-order valence-corrected chi connectivity index (χ4v) is 4.78. The van der Waals surface area contributed by atoms with E-state index in [1.165, 1.54) is 32.1 Å². The highest BCUT2D eigenvalue weighted by molar-refractivity contribution is 5.96. The molecule has 3 fully saturated rings. The zero-order valence-electron chi connectivity index (χ0n) is 18.8. The Hall–Kier alpha value is -2.66. The van der Waals surface area contributed by atoms with Gasteiger partial charge >= 0.3 is 6.09 Å². The molecule has 0 radical (unpaired) electrons. The lowest BCUT2D eigenvalue weighted by Gasteiger charge is -2.44. The summed E-state index contributed by atoms with van der Waals surface area (Å²) < 4.78 is 10.8. The van der Waals surface area contributed by atoms with E-state index in [-0.39, 0.29) is 24.0 Å². The molecule has 1 amide bonds. The molecule has 2 saturated carbocycles. The number of anilines is 3. The van der Waals surface area contributed by atoms with E-state index in [1.807, 2.05) is 7.05 Å². The highest BCUT2D eigenvalue weighted by atomic mass is 16.6. The fraction of sp³-hybridized carbons (Fsp3) is 0.714. The van der Waals surface area contributed by atoms with Crippen molar-refractivity contribution in [1.82, 2.24) is 15.0 Å². The third-order valence-corrected chi connectivity index (χ3v) is 6.77. The highest BCUT2D eigenvalue weighted by Gasteiger charge is 2.35. The molecule has 11 nitrogen and oxygen atoms in total. The predicted octanol–water partition coefficient (Wildman–Crippen LogP) is 2.51. The van der Waals surface area contributed by atoms with Gasteiger partial charge in [0, 0.05) is 19.6 Å². The van der Waals surface area contributed by atoms with Crippen LogP contribution in [-0.4, -0.2) is 65.4 Å². The van der Waals surface area contributed by atoms with Crippen molar-refractivity contribution in [2.75, 3.05) is 36.3 Å². The number of carbonyl (C=O) groups is 1. The Balaban J connectivity index is 1.64. The molecule has 0 aromatic carbocycles. The summed E-state index contributed by atoms with van der Waals surface area (Å²) in [6, 6.07) is 0.469. The largest absolute Gasteiger partial charge is 0.411 e. The molecule has 1 saturated heterocycles. The van der Waals surface area contributed by atoms with Crippen LogP contribution < -0.4 is 21.8 Å². The van der Waals surface area contributed by atoms with Crippen molar-refractivity contribution in [1.29, 1.82) is 5.41 Å². The fourth-order valence-electron chi connectivity index (χ4n) is 4.78. The minimum Gasteiger partial charge on any atom is -0.388 e. The second kappa shape index (κ2) is 9.86. The summed E-state index contributed by atoms with van der Waals surface area (Å²) in [4.78, 5) is 20.2. The maximum Gasteiger partial charge on any atom is 0.411 e. The van der Waals surface area contributed by atoms with Gasteiger partial charge in [0.2, 0.25) is 5.82 Å². The van der Waals surface area contributed by atoms with E-state index >= 15 is 0 Å². The topological polar surface area (TPSA) is 151 Å². The zero-order chi connectivity index (χ0) is 22.7. The number of fused-ring (bicyclic) bond motifs is 1. The number of hydrazine groups is 1. The Kier molecular flexibility index (Phi) is 6.95. The molecule has 1 aromatic rings. The maximum absolute atomic E-state index is 11.2. The Labute approximate surface area is 188 Å². The molecule has 3 atom stereocenters. The van der Waals surface area contributed by atoms with Gasteiger partial charge in [-0.05, 0) is 38.5 Å². The van der Waals surface area contributed by atoms with Gasteiger partial charge in [0.25, 0.3) is 5.90 Å². The summed E-state index contributed by atoms with van der Waals surface area (Å²) in [6.45, 7) is 3.50. The first-order valence-electron chi connectivity index (χ1n) is 11.5. The molecule has 1 aliphatic heterocycles. The summed E-state index contributed by atoms with van der Waals surface area (Å²) in [7, 11) is 1.82. The van der Waals surface area contributed by atoms with Gasteiger partial charge in [-0.2, -0.15) is 0 Å². The summed E-state index contributed by atoms with van der Waals surface area (Å²) in [5.74, 6) is 1.16. The number of ether oxygens (including phenoxy) is 2. The lowest BCUT2D eigenvalue weighted by molar-refractivity contribution is -0.0792. The average molecular weight is 447 g/mol. The van der Waals surface area contributed by atoms with Crippen LogP contribution >= 0.6 is 0 Å². The molecule has 6 N–H and O–H groups in total. The van der Waals surface area contributed by atoms with E-state index in [9.17, 15) is 4.79 Å². The predicted molar refractivity (Wildman–Crippen MR) is 122 cm³/mol. The molecule has 0 spiro atoms. The number of nitrogens with two attached hydrogens (primary N) is 1. The van der Waals surface area contributed by atoms with E-state index in [0.29, 0.717) is 29.8 Å². The maximum atomic E-state index is 11.2. The molecule has 2 aliphatic carbocycles. The second-order valence-electron chi connectivity index (χ2n) is 8.81. The SMILES string of the molecule is CNc1c(N[C@H](C)C2CCC2)nc(C(=N)OC(N)=O)nc1NN1CCOC2CCCCC21. The Bertz CT molecular complexity index is 845. The number of hydrogen-bond donors (Lipinski definition) is 5. The minimum atomic E-state index is -1.07. The molecule has 32 heavy (non-hydrogen) atoms. The third-order valence-electron chi connectivity index (χ3n) is 6.77. The third kappa shape index (κ3) is 4.88. The number of nitrogens with zero attached hydrogens (tertiary/aromatic N) is 3. The lowest BCUT2D eigenvalue weighted by Crippen LogP contribution is -2.55. The molecule has 176 valence electrons. The molecule has 4 rings (SSSR count). The van der Waals surface area contributed by atoms with Crippen LogP contribution in [0, 0.1) is 11.3 Å². The molecule has 3 aliphatic rings. The van der Waals surface area contributed by atoms with Crippen molar-refractivity contribution in [2.45, 2.75) is 70.1 Å². The molecule has 1 aromatic heterocycles. The van der Waals surface area contributed by atoms with E-state index < -0.39 is 12.0 Å². The van der Waals surface area contributed by atoms with Crippen molar-refractivity contribution in [3.63, 3.8) is 0 Å². The summed E-state index contributed by atoms with van der Waals surface area (Å²) in [5.41, 5.74) is 9.26. The zero-order valence-corrected chi connectivity index (χ0v) is 18.8. The van der Waals surface area contributed by atoms with Gasteiger partial charge in [-0.1, -0.05) is 19.3 Å². The molecule has 11 heteroatoms. The summed E-state index contributed by atoms with van der Waals surface area (Å²) in [5, 5.41) is 17.0. The van der Waals surface area contributed by atoms with Gasteiger partial charge in [-0.25, -0.2) is 19.8 Å². The molecular weight excluding hydrogens is 412 g/mol. The van der Waals surface area contributed by atoms with E-state index in [4.69, 9.17) is 20.6 Å². The molecule has 2 heterocycles. The van der Waals surface area contributed by atoms with Crippen LogP contribution in [0.3, 0.4) is 0 Å². The van der Waals surface area contributed by atoms with Crippen molar-refractivity contribution in [3.8, 4) is 0 Å². The van der Waals surface area contributed by atoms with Crippen molar-refractivity contribution >= 4 is 29.3 Å². The van der Waals surface area contributed by atoms with Gasteiger partial charge in [0.15, 0.2) is 11.6 Å². The van der Waals surface area contributed by atoms with Crippen molar-refractivity contribution in [2.24, 2.45) is 11.7 Å². The summed E-state index contributed by atoms with van der Waals surface area (Å²) >= 11 is 0. The molecular formula is C21H34N8O3. The van der Waals surface area contributed by atoms with E-state index in [1.54, 1.807) is 0 Å². The Morgan fingerprint density at radius 2 is 1.97 bits per heavy atom. The molecule has 0 bridgehead atoms. The van der Waals surface area contributed by atoms with Crippen LogP contribution in [0.5, 0.6) is 0 Å². The first-order chi connectivity index (χ1) is 15.5. The number of nitrogens with one attached hydrogen (secondary N) is 4. The average Bonchev–Trinajstić information content (AvgIpc) is 2.72. The van der Waals surface area contributed by atoms with Crippen LogP contribution in [0.4, 0.5) is 22.1 Å². The van der Waals surface area contributed by atoms with Crippen molar-refractivity contribution in [3.05, 3.63) is 5.82 Å². The number of amides is 1. The number of aromatic nitrogens is 2. The lowest BCUT2D eigenvalue weighted by atomic mass is 9.80. The van der Waals surface area contributed by atoms with Gasteiger partial charge in [-0.3, -0.25) is 5.41 Å². The minimum absolute atomic E-state index is 0.0120. The van der Waals surface area contributed by atoms with Crippen LogP contribution in [-0.2, 0) is 9.47 Å². The number of rotatable bonds is 7. The van der Waals surface area contributed by atoms with Crippen LogP contribution in [0.25, 0.3) is 0 Å². The van der Waals surface area contributed by atoms with Crippen LogP contribution in [0.2, 0.25) is 0 Å². The number of hydrogen-bond acceptors (Lipinski definition) is 10. The standard InChI is InChI=1S/C21H34N8O3/c1-12(13-6-5-7-13)25-18-16(24-2)19(27-20(26-18)17(22)32-21(23)30)28-29-10-11-31-15-9-4-3-8-14(15)29/h12-15,22,24H,3-11H2,1-2H3,(H2,23,30)(H2,25,26,27,28)/t12-,14?,15?/m1/s1. The number of primary amides is 1. The van der Waals surface area contributed by atoms with Gasteiger partial charge in [0.05, 0.1) is 18.8 Å². The normalized spacial score (nSPS) is 24.6. The van der Waals surface area contributed by atoms with Crippen LogP contribution in [0.15, 0.2) is 0 Å². The number of morpholine rings is 1. The van der Waals surface area contributed by atoms with Crippen molar-refractivity contribution < 1.29 is 14.3 Å². The van der Waals surface area contributed by atoms with E-state index in [2.05, 4.69) is 38.0 Å². The number of carbonyl (C=O) groups excluding carboxylic acids is 1. The first kappa shape index (κ1) is 22.5. The first-order valence-corrected chi connectivity index (χ1v) is 11.5. The van der Waals surface area contributed by atoms with Gasteiger partial charge < -0.3 is 31.3 Å².